The van der Waals surface area contributed by atoms with Crippen LogP contribution in [0.4, 0.5) is 0 Å². The van der Waals surface area contributed by atoms with Crippen LogP contribution in [-0.2, 0) is 29.6 Å². The number of ether oxygens (including phenoxy) is 2. The van der Waals surface area contributed by atoms with Crippen LogP contribution in [0.1, 0.15) is 22.9 Å². The Morgan fingerprint density at radius 1 is 1.00 bits per heavy atom. The summed E-state index contributed by atoms with van der Waals surface area (Å²) in [5.41, 5.74) is 2.15. The van der Waals surface area contributed by atoms with E-state index in [4.69, 9.17) is 14.6 Å². The molecule has 1 heterocycles. The average Bonchev–Trinajstić information content (AvgIpc) is 3.24. The summed E-state index contributed by atoms with van der Waals surface area (Å²) in [5, 5.41) is 10.6. The van der Waals surface area contributed by atoms with Gasteiger partial charge in [-0.2, -0.15) is 0 Å². The maximum Gasteiger partial charge on any atom is 0.238 e. The first-order valence-corrected chi connectivity index (χ1v) is 12.1. The lowest BCUT2D eigenvalue weighted by Crippen LogP contribution is -2.17. The highest BCUT2D eigenvalue weighted by Crippen LogP contribution is 2.29. The number of benzene rings is 2. The second-order valence-electron chi connectivity index (χ2n) is 6.70. The molecule has 2 aromatic carbocycles. The molecule has 9 heteroatoms. The van der Waals surface area contributed by atoms with E-state index >= 15 is 0 Å². The molecule has 0 aliphatic rings. The molecule has 0 aliphatic heterocycles. The van der Waals surface area contributed by atoms with E-state index in [0.29, 0.717) is 19.8 Å². The molecule has 0 fully saturated rings. The summed E-state index contributed by atoms with van der Waals surface area (Å²) in [6, 6.07) is 16.7. The summed E-state index contributed by atoms with van der Waals surface area (Å²) in [4.78, 5) is 1.30. The summed E-state index contributed by atoms with van der Waals surface area (Å²) in [6.45, 7) is 4.51. The van der Waals surface area contributed by atoms with Gasteiger partial charge in [0.1, 0.15) is 6.61 Å². The molecule has 6 nitrogen and oxygen atoms in total. The van der Waals surface area contributed by atoms with Gasteiger partial charge in [0.15, 0.2) is 11.5 Å². The van der Waals surface area contributed by atoms with Crippen molar-refractivity contribution in [3.63, 3.8) is 0 Å². The molecule has 0 saturated heterocycles. The van der Waals surface area contributed by atoms with Crippen molar-refractivity contribution in [3.8, 4) is 11.5 Å². The average molecular weight is 483 g/mol. The third-order valence-corrected chi connectivity index (χ3v) is 6.21. The normalized spacial score (nSPS) is 11.0. The Balaban J connectivity index is 0.00000341. The van der Waals surface area contributed by atoms with Crippen LogP contribution in [-0.4, -0.2) is 21.6 Å². The first-order valence-electron chi connectivity index (χ1n) is 9.69. The maximum absolute atomic E-state index is 11.3. The number of hydrogen-bond donors (Lipinski definition) is 2. The van der Waals surface area contributed by atoms with Crippen LogP contribution in [0.25, 0.3) is 0 Å². The molecule has 3 N–H and O–H groups in total. The molecule has 0 bridgehead atoms. The van der Waals surface area contributed by atoms with E-state index in [1.165, 1.54) is 17.0 Å². The fourth-order valence-electron chi connectivity index (χ4n) is 2.90. The van der Waals surface area contributed by atoms with Crippen molar-refractivity contribution in [1.29, 1.82) is 0 Å². The van der Waals surface area contributed by atoms with Gasteiger partial charge in [0.2, 0.25) is 10.0 Å². The zero-order valence-corrected chi connectivity index (χ0v) is 19.7. The number of sulfonamides is 1. The lowest BCUT2D eigenvalue weighted by atomic mass is 10.1. The first-order chi connectivity index (χ1) is 14.5. The third kappa shape index (κ3) is 7.83. The molecule has 31 heavy (non-hydrogen) atoms. The van der Waals surface area contributed by atoms with Gasteiger partial charge in [-0.25, -0.2) is 13.6 Å². The van der Waals surface area contributed by atoms with Crippen LogP contribution >= 0.6 is 23.7 Å². The van der Waals surface area contributed by atoms with Crippen LogP contribution < -0.4 is 19.9 Å². The van der Waals surface area contributed by atoms with Crippen molar-refractivity contribution in [3.05, 3.63) is 76.0 Å². The van der Waals surface area contributed by atoms with Crippen molar-refractivity contribution in [2.45, 2.75) is 31.4 Å². The zero-order chi connectivity index (χ0) is 21.4. The Bertz CT molecular complexity index is 1040. The van der Waals surface area contributed by atoms with E-state index in [1.807, 2.05) is 42.6 Å². The number of rotatable bonds is 11. The standard InChI is InChI=1S/C22H26N2O4S2.ClH/c1-2-27-22-14-18(7-10-21(22)28-16-19-4-3-13-29-19)15-24-12-11-17-5-8-20(9-6-17)30(23,25)26;/h3-10,13-14,24H,2,11-12,15-16H2,1H3,(H2,23,25,26);1H. The van der Waals surface area contributed by atoms with E-state index in [9.17, 15) is 8.42 Å². The zero-order valence-electron chi connectivity index (χ0n) is 17.2. The smallest absolute Gasteiger partial charge is 0.238 e. The second kappa shape index (κ2) is 12.1. The van der Waals surface area contributed by atoms with Gasteiger partial charge in [0, 0.05) is 11.4 Å². The Hall–Kier alpha value is -2.10. The maximum atomic E-state index is 11.3. The van der Waals surface area contributed by atoms with Gasteiger partial charge in [-0.05, 0) is 66.7 Å². The molecule has 0 spiro atoms. The van der Waals surface area contributed by atoms with E-state index in [0.717, 1.165) is 35.6 Å². The molecule has 0 radical (unpaired) electrons. The fraction of sp³-hybridized carbons (Fsp3) is 0.273. The summed E-state index contributed by atoms with van der Waals surface area (Å²) >= 11 is 1.67. The summed E-state index contributed by atoms with van der Waals surface area (Å²) in [6.07, 6.45) is 0.783. The number of nitrogens with one attached hydrogen (secondary N) is 1. The topological polar surface area (TPSA) is 90.6 Å². The van der Waals surface area contributed by atoms with Gasteiger partial charge in [0.05, 0.1) is 11.5 Å². The molecule has 0 unspecified atom stereocenters. The molecule has 1 aromatic heterocycles. The molecule has 0 atom stereocenters. The number of hydrogen-bond acceptors (Lipinski definition) is 6. The molecule has 0 aliphatic carbocycles. The first kappa shape index (κ1) is 25.2. The summed E-state index contributed by atoms with van der Waals surface area (Å²) < 4.78 is 34.3. The Morgan fingerprint density at radius 3 is 2.39 bits per heavy atom. The molecule has 3 rings (SSSR count). The summed E-state index contributed by atoms with van der Waals surface area (Å²) in [7, 11) is -3.65. The minimum Gasteiger partial charge on any atom is -0.490 e. The number of halogens is 1. The van der Waals surface area contributed by atoms with E-state index in [1.54, 1.807) is 23.5 Å². The van der Waals surface area contributed by atoms with Crippen molar-refractivity contribution in [2.24, 2.45) is 5.14 Å². The van der Waals surface area contributed by atoms with Crippen molar-refractivity contribution in [2.75, 3.05) is 13.2 Å². The minimum absolute atomic E-state index is 0. The fourth-order valence-corrected chi connectivity index (χ4v) is 4.04. The Morgan fingerprint density at radius 2 is 1.74 bits per heavy atom. The van der Waals surface area contributed by atoms with Crippen LogP contribution in [0.15, 0.2) is 64.9 Å². The minimum atomic E-state index is -3.65. The highest BCUT2D eigenvalue weighted by molar-refractivity contribution is 7.89. The highest BCUT2D eigenvalue weighted by Gasteiger charge is 2.08. The van der Waals surface area contributed by atoms with Gasteiger partial charge in [0.25, 0.3) is 0 Å². The predicted molar refractivity (Wildman–Crippen MR) is 127 cm³/mol. The molecule has 0 amide bonds. The van der Waals surface area contributed by atoms with Gasteiger partial charge >= 0.3 is 0 Å². The molecule has 168 valence electrons. The third-order valence-electron chi connectivity index (χ3n) is 4.43. The molecule has 0 saturated carbocycles. The quantitative estimate of drug-likeness (QED) is 0.401. The monoisotopic (exact) mass is 482 g/mol. The highest BCUT2D eigenvalue weighted by atomic mass is 35.5. The van der Waals surface area contributed by atoms with Gasteiger partial charge in [-0.3, -0.25) is 0 Å². The number of primary sulfonamides is 1. The van der Waals surface area contributed by atoms with E-state index < -0.39 is 10.0 Å². The summed E-state index contributed by atoms with van der Waals surface area (Å²) in [5.74, 6) is 1.48. The molecule has 3 aromatic rings. The predicted octanol–water partition coefficient (Wildman–Crippen LogP) is 4.13. The van der Waals surface area contributed by atoms with E-state index in [2.05, 4.69) is 5.32 Å². The van der Waals surface area contributed by atoms with Crippen molar-refractivity contribution >= 4 is 33.8 Å². The SMILES string of the molecule is CCOc1cc(CNCCc2ccc(S(N)(=O)=O)cc2)ccc1OCc1cccs1.Cl. The van der Waals surface area contributed by atoms with Crippen LogP contribution in [0.3, 0.4) is 0 Å². The number of nitrogens with two attached hydrogens (primary N) is 1. The van der Waals surface area contributed by atoms with Crippen molar-refractivity contribution < 1.29 is 17.9 Å². The lowest BCUT2D eigenvalue weighted by molar-refractivity contribution is 0.271. The number of thiophene rings is 1. The largest absolute Gasteiger partial charge is 0.490 e. The van der Waals surface area contributed by atoms with Crippen LogP contribution in [0.2, 0.25) is 0 Å². The van der Waals surface area contributed by atoms with Gasteiger partial charge in [-0.1, -0.05) is 24.3 Å². The lowest BCUT2D eigenvalue weighted by Gasteiger charge is -2.13. The second-order valence-corrected chi connectivity index (χ2v) is 9.29. The van der Waals surface area contributed by atoms with Gasteiger partial charge in [-0.15, -0.1) is 23.7 Å². The van der Waals surface area contributed by atoms with Crippen molar-refractivity contribution in [1.82, 2.24) is 5.32 Å². The van der Waals surface area contributed by atoms with Crippen LogP contribution in [0.5, 0.6) is 11.5 Å². The van der Waals surface area contributed by atoms with Gasteiger partial charge < -0.3 is 14.8 Å². The Labute approximate surface area is 193 Å². The Kier molecular flexibility index (Phi) is 9.80. The molecular weight excluding hydrogens is 456 g/mol. The molecular formula is C22H27ClN2O4S2. The van der Waals surface area contributed by atoms with Crippen LogP contribution in [0, 0.1) is 0 Å². The van der Waals surface area contributed by atoms with E-state index in [-0.39, 0.29) is 17.3 Å².